The molecular weight excluding hydrogens is 584 g/mol. The number of azide groups is 1. The number of hydrogen-bond donors (Lipinski definition) is 1. The summed E-state index contributed by atoms with van der Waals surface area (Å²) in [5.74, 6) is 0. The Kier molecular flexibility index (Phi) is 15.2. The average molecular weight is 635 g/mol. The molecule has 1 aromatic rings. The van der Waals surface area contributed by atoms with Gasteiger partial charge in [-0.3, -0.25) is 9.13 Å². The van der Waals surface area contributed by atoms with E-state index < -0.39 is 62.7 Å². The molecule has 0 aliphatic rings. The van der Waals surface area contributed by atoms with E-state index in [-0.39, 0.29) is 19.5 Å². The minimum absolute atomic E-state index is 0.0221. The summed E-state index contributed by atoms with van der Waals surface area (Å²) >= 11 is 0. The van der Waals surface area contributed by atoms with E-state index in [4.69, 9.17) is 28.4 Å². The summed E-state index contributed by atoms with van der Waals surface area (Å²) in [4.78, 5) is 14.9. The van der Waals surface area contributed by atoms with E-state index in [9.17, 15) is 13.9 Å². The molecule has 0 spiro atoms. The van der Waals surface area contributed by atoms with Crippen molar-refractivity contribution in [3.8, 4) is 0 Å². The van der Waals surface area contributed by atoms with E-state index in [1.165, 1.54) is 0 Å². The molecular formula is C27H50N5O8P2+. The topological polar surface area (TPSA) is 162 Å². The molecule has 0 aliphatic heterocycles. The largest absolute Gasteiger partial charge is 0.444 e. The Morgan fingerprint density at radius 2 is 1.33 bits per heavy atom. The minimum atomic E-state index is -4.05. The van der Waals surface area contributed by atoms with Crippen molar-refractivity contribution >= 4 is 21.3 Å². The van der Waals surface area contributed by atoms with Gasteiger partial charge in [-0.25, -0.2) is 9.36 Å². The van der Waals surface area contributed by atoms with Crippen LogP contribution in [0, 0.1) is 0 Å². The molecule has 1 N–H and O–H groups in total. The molecule has 1 aromatic heterocycles. The van der Waals surface area contributed by atoms with Gasteiger partial charge < -0.3 is 28.1 Å². The SMILES string of the molecule is CC(C)OP(=O)(OC(C)C)C(Cc1cc[n+](CC(CNC(=O)OC(C)(C)C)N=[N+]=[N-])cc1)P(=O)(OC(C)C)OC(C)C. The Bertz CT molecular complexity index is 1070. The molecule has 0 aromatic carbocycles. The first-order valence-electron chi connectivity index (χ1n) is 14.2. The Labute approximate surface area is 250 Å². The smallest absolute Gasteiger partial charge is 0.407 e. The van der Waals surface area contributed by atoms with E-state index in [0.717, 1.165) is 0 Å². The lowest BCUT2D eigenvalue weighted by molar-refractivity contribution is -0.698. The molecule has 0 saturated carbocycles. The summed E-state index contributed by atoms with van der Waals surface area (Å²) in [6.07, 6.45) is 0.988. The number of hydrogen-bond acceptors (Lipinski definition) is 9. The van der Waals surface area contributed by atoms with Crippen LogP contribution in [0.1, 0.15) is 81.7 Å². The van der Waals surface area contributed by atoms with Crippen molar-refractivity contribution in [2.75, 3.05) is 6.54 Å². The number of carbonyl (C=O) groups excluding carboxylic acids is 1. The lowest BCUT2D eigenvalue weighted by atomic mass is 10.2. The van der Waals surface area contributed by atoms with Crippen molar-refractivity contribution < 1.29 is 41.3 Å². The van der Waals surface area contributed by atoms with Crippen LogP contribution >= 0.6 is 15.2 Å². The number of pyridine rings is 1. The van der Waals surface area contributed by atoms with Gasteiger partial charge in [0.1, 0.15) is 11.6 Å². The fourth-order valence-corrected chi connectivity index (χ4v) is 9.75. The lowest BCUT2D eigenvalue weighted by Crippen LogP contribution is -2.44. The van der Waals surface area contributed by atoms with Crippen LogP contribution in [0.2, 0.25) is 0 Å². The van der Waals surface area contributed by atoms with E-state index >= 15 is 0 Å². The zero-order valence-corrected chi connectivity index (χ0v) is 28.6. The second kappa shape index (κ2) is 16.8. The fourth-order valence-electron chi connectivity index (χ4n) is 3.83. The normalized spacial score (nSPS) is 13.6. The molecule has 0 fully saturated rings. The Balaban J connectivity index is 3.34. The van der Waals surface area contributed by atoms with Crippen molar-refractivity contribution in [1.29, 1.82) is 0 Å². The fraction of sp³-hybridized carbons (Fsp3) is 0.778. The zero-order chi connectivity index (χ0) is 32.3. The number of ether oxygens (including phenoxy) is 1. The summed E-state index contributed by atoms with van der Waals surface area (Å²) in [6, 6.07) is 2.95. The monoisotopic (exact) mass is 634 g/mol. The van der Waals surface area contributed by atoms with Gasteiger partial charge in [0, 0.05) is 23.6 Å². The summed E-state index contributed by atoms with van der Waals surface area (Å²) in [6.45, 7) is 19.4. The molecule has 1 atom stereocenters. The lowest BCUT2D eigenvalue weighted by Gasteiger charge is -2.35. The van der Waals surface area contributed by atoms with E-state index in [1.54, 1.807) is 105 Å². The molecule has 0 bridgehead atoms. The number of amides is 1. The van der Waals surface area contributed by atoms with Gasteiger partial charge in [0.05, 0.1) is 24.4 Å². The predicted octanol–water partition coefficient (Wildman–Crippen LogP) is 7.13. The van der Waals surface area contributed by atoms with Crippen LogP contribution in [-0.2, 0) is 44.9 Å². The maximum atomic E-state index is 14.4. The van der Waals surface area contributed by atoms with Gasteiger partial charge in [0.2, 0.25) is 0 Å². The molecule has 42 heavy (non-hydrogen) atoms. The molecule has 1 rings (SSSR count). The standard InChI is InChI=1S/C27H49N5O8P2/c1-19(2)37-41(34,38-20(3)4)25(42(35,39-21(5)6)40-22(7)8)16-23-12-14-32(15-13-23)18-24(30-31-28)17-29-26(33)36-27(9,10)11/h12-15,19-22,24-25H,16-18H2,1-11H3/p+1. The predicted molar refractivity (Wildman–Crippen MR) is 161 cm³/mol. The minimum Gasteiger partial charge on any atom is -0.444 e. The quantitative estimate of drug-likeness (QED) is 0.0622. The number of carbonyl (C=O) groups is 1. The number of alkyl carbamates (subject to hydrolysis) is 1. The first-order chi connectivity index (χ1) is 19.3. The molecule has 13 nitrogen and oxygen atoms in total. The molecule has 1 heterocycles. The van der Waals surface area contributed by atoms with Crippen LogP contribution in [0.5, 0.6) is 0 Å². The van der Waals surface area contributed by atoms with Crippen LogP contribution in [-0.4, -0.2) is 54.1 Å². The van der Waals surface area contributed by atoms with Crippen LogP contribution in [0.4, 0.5) is 4.79 Å². The van der Waals surface area contributed by atoms with E-state index in [0.29, 0.717) is 5.56 Å². The van der Waals surface area contributed by atoms with Crippen LogP contribution in [0.3, 0.4) is 0 Å². The number of nitrogens with one attached hydrogen (secondary N) is 1. The van der Waals surface area contributed by atoms with Gasteiger partial charge in [0.25, 0.3) is 0 Å². The Hall–Kier alpha value is -1.97. The maximum absolute atomic E-state index is 14.4. The third kappa shape index (κ3) is 14.0. The second-order valence-corrected chi connectivity index (χ2v) is 16.7. The van der Waals surface area contributed by atoms with E-state index in [1.807, 2.05) is 0 Å². The van der Waals surface area contributed by atoms with Gasteiger partial charge in [-0.05, 0) is 93.7 Å². The van der Waals surface area contributed by atoms with Crippen molar-refractivity contribution in [1.82, 2.24) is 5.32 Å². The van der Waals surface area contributed by atoms with Crippen molar-refractivity contribution in [2.45, 2.75) is 131 Å². The third-order valence-electron chi connectivity index (χ3n) is 5.06. The molecule has 0 aliphatic carbocycles. The summed E-state index contributed by atoms with van der Waals surface area (Å²) in [7, 11) is -8.09. The van der Waals surface area contributed by atoms with Crippen molar-refractivity contribution in [2.24, 2.45) is 5.11 Å². The maximum Gasteiger partial charge on any atom is 0.407 e. The highest BCUT2D eigenvalue weighted by Crippen LogP contribution is 2.72. The number of nitrogens with zero attached hydrogens (tertiary/aromatic N) is 4. The summed E-state index contributed by atoms with van der Waals surface area (Å²) < 4.78 is 59.3. The van der Waals surface area contributed by atoms with Crippen LogP contribution in [0.25, 0.3) is 10.4 Å². The second-order valence-electron chi connectivity index (χ2n) is 12.0. The molecule has 15 heteroatoms. The first-order valence-corrected chi connectivity index (χ1v) is 17.4. The first kappa shape index (κ1) is 38.1. The zero-order valence-electron chi connectivity index (χ0n) is 26.8. The summed E-state index contributed by atoms with van der Waals surface area (Å²) in [5.41, 5.74) is 9.04. The van der Waals surface area contributed by atoms with Crippen molar-refractivity contribution in [3.05, 3.63) is 40.5 Å². The van der Waals surface area contributed by atoms with Gasteiger partial charge >= 0.3 is 21.3 Å². The average Bonchev–Trinajstić information content (AvgIpc) is 2.78. The molecule has 0 radical (unpaired) electrons. The van der Waals surface area contributed by atoms with Crippen LogP contribution < -0.4 is 9.88 Å². The third-order valence-corrected chi connectivity index (χ3v) is 11.4. The van der Waals surface area contributed by atoms with Gasteiger partial charge in [-0.15, -0.1) is 0 Å². The molecule has 1 unspecified atom stereocenters. The van der Waals surface area contributed by atoms with Gasteiger partial charge in [-0.1, -0.05) is 5.11 Å². The number of aromatic nitrogens is 1. The van der Waals surface area contributed by atoms with Gasteiger partial charge in [-0.2, -0.15) is 0 Å². The number of rotatable bonds is 17. The Morgan fingerprint density at radius 1 is 0.905 bits per heavy atom. The van der Waals surface area contributed by atoms with Crippen LogP contribution in [0.15, 0.2) is 29.6 Å². The molecule has 240 valence electrons. The summed E-state index contributed by atoms with van der Waals surface area (Å²) in [5, 5.41) is 5.17. The van der Waals surface area contributed by atoms with Gasteiger partial charge in [0.15, 0.2) is 24.3 Å². The highest BCUT2D eigenvalue weighted by molar-refractivity contribution is 7.72. The molecule has 0 saturated heterocycles. The van der Waals surface area contributed by atoms with Crippen molar-refractivity contribution in [3.63, 3.8) is 0 Å². The highest BCUT2D eigenvalue weighted by atomic mass is 31.2. The van der Waals surface area contributed by atoms with E-state index in [2.05, 4.69) is 15.3 Å². The Morgan fingerprint density at radius 3 is 1.69 bits per heavy atom. The highest BCUT2D eigenvalue weighted by Gasteiger charge is 2.53. The molecule has 1 amide bonds.